The van der Waals surface area contributed by atoms with Crippen LogP contribution in [0.3, 0.4) is 0 Å². The lowest BCUT2D eigenvalue weighted by Crippen LogP contribution is -2.25. The van der Waals surface area contributed by atoms with Crippen LogP contribution >= 0.6 is 22.7 Å². The number of aromatic nitrogens is 2. The van der Waals surface area contributed by atoms with Crippen molar-refractivity contribution in [3.63, 3.8) is 0 Å². The molecule has 1 N–H and O–H groups in total. The van der Waals surface area contributed by atoms with Crippen molar-refractivity contribution in [3.05, 3.63) is 46.3 Å². The monoisotopic (exact) mass is 347 g/mol. The fourth-order valence-electron chi connectivity index (χ4n) is 2.23. The highest BCUT2D eigenvalue weighted by atomic mass is 32.1. The number of ether oxygens (including phenoxy) is 1. The normalized spacial score (nSPS) is 10.7. The first-order valence-corrected chi connectivity index (χ1v) is 8.85. The van der Waals surface area contributed by atoms with Gasteiger partial charge >= 0.3 is 0 Å². The van der Waals surface area contributed by atoms with Crippen LogP contribution in [0.25, 0.3) is 9.75 Å². The van der Waals surface area contributed by atoms with Crippen LogP contribution in [0.2, 0.25) is 0 Å². The van der Waals surface area contributed by atoms with E-state index in [9.17, 15) is 4.79 Å². The van der Waals surface area contributed by atoms with Crippen LogP contribution in [0.5, 0.6) is 5.88 Å². The molecule has 3 rings (SSSR count). The molecule has 0 spiro atoms. The van der Waals surface area contributed by atoms with Crippen molar-refractivity contribution < 1.29 is 9.53 Å². The Morgan fingerprint density at radius 3 is 2.96 bits per heavy atom. The molecule has 23 heavy (non-hydrogen) atoms. The summed E-state index contributed by atoms with van der Waals surface area (Å²) in [6, 6.07) is 8.44. The number of amides is 1. The van der Waals surface area contributed by atoms with Gasteiger partial charge in [0.25, 0.3) is 5.91 Å². The molecule has 0 saturated carbocycles. The Bertz CT molecular complexity index is 790. The van der Waals surface area contributed by atoms with Crippen LogP contribution in [0.4, 0.5) is 0 Å². The summed E-state index contributed by atoms with van der Waals surface area (Å²) in [5, 5.41) is 9.08. The zero-order chi connectivity index (χ0) is 16.2. The van der Waals surface area contributed by atoms with E-state index in [-0.39, 0.29) is 5.91 Å². The van der Waals surface area contributed by atoms with Gasteiger partial charge in [-0.3, -0.25) is 9.48 Å². The van der Waals surface area contributed by atoms with E-state index in [1.54, 1.807) is 40.6 Å². The lowest BCUT2D eigenvalue weighted by molar-refractivity contribution is 0.0951. The van der Waals surface area contributed by atoms with Gasteiger partial charge in [0.2, 0.25) is 5.88 Å². The Hall–Kier alpha value is -2.12. The number of carbonyl (C=O) groups excluding carboxylic acids is 1. The van der Waals surface area contributed by atoms with Gasteiger partial charge in [0, 0.05) is 34.4 Å². The largest absolute Gasteiger partial charge is 0.479 e. The lowest BCUT2D eigenvalue weighted by Gasteiger charge is -2.03. The van der Waals surface area contributed by atoms with E-state index in [2.05, 4.69) is 40.1 Å². The van der Waals surface area contributed by atoms with Crippen molar-refractivity contribution >= 4 is 28.6 Å². The molecule has 5 nitrogen and oxygen atoms in total. The van der Waals surface area contributed by atoms with Crippen LogP contribution in [-0.2, 0) is 13.5 Å². The third kappa shape index (κ3) is 3.62. The molecule has 7 heteroatoms. The topological polar surface area (TPSA) is 56.2 Å². The molecule has 0 radical (unpaired) electrons. The average Bonchev–Trinajstić information content (AvgIpc) is 3.26. The van der Waals surface area contributed by atoms with Crippen molar-refractivity contribution in [3.8, 4) is 15.6 Å². The molecular formula is C16H17N3O2S2. The number of hydrogen-bond donors (Lipinski definition) is 1. The van der Waals surface area contributed by atoms with Crippen molar-refractivity contribution in [2.24, 2.45) is 7.05 Å². The lowest BCUT2D eigenvalue weighted by atomic mass is 10.3. The van der Waals surface area contributed by atoms with Gasteiger partial charge in [-0.15, -0.1) is 27.8 Å². The molecule has 120 valence electrons. The summed E-state index contributed by atoms with van der Waals surface area (Å²) in [5.41, 5.74) is 0.459. The Morgan fingerprint density at radius 1 is 1.35 bits per heavy atom. The van der Waals surface area contributed by atoms with Gasteiger partial charge in [0.15, 0.2) is 0 Å². The third-order valence-electron chi connectivity index (χ3n) is 3.32. The van der Waals surface area contributed by atoms with Gasteiger partial charge in [-0.25, -0.2) is 0 Å². The van der Waals surface area contributed by atoms with Crippen molar-refractivity contribution in [2.75, 3.05) is 13.7 Å². The first kappa shape index (κ1) is 15.8. The maximum absolute atomic E-state index is 12.2. The Kier molecular flexibility index (Phi) is 4.78. The van der Waals surface area contributed by atoms with Gasteiger partial charge in [-0.1, -0.05) is 6.07 Å². The number of rotatable bonds is 6. The van der Waals surface area contributed by atoms with Crippen LogP contribution in [0, 0.1) is 0 Å². The van der Waals surface area contributed by atoms with E-state index in [0.29, 0.717) is 18.0 Å². The minimum absolute atomic E-state index is 0.162. The van der Waals surface area contributed by atoms with Crippen molar-refractivity contribution in [1.29, 1.82) is 0 Å². The fraction of sp³-hybridized carbons (Fsp3) is 0.250. The summed E-state index contributed by atoms with van der Waals surface area (Å²) in [7, 11) is 3.27. The highest BCUT2D eigenvalue weighted by Crippen LogP contribution is 2.31. The van der Waals surface area contributed by atoms with Gasteiger partial charge in [-0.05, 0) is 30.0 Å². The standard InChI is InChI=1S/C16H17N3O2S2/c1-19-10-12(16(18-19)21-2)15(20)17-8-7-11-5-6-14(23-11)13-4-3-9-22-13/h3-6,9-10H,7-8H2,1-2H3,(H,17,20). The highest BCUT2D eigenvalue weighted by molar-refractivity contribution is 7.21. The molecule has 0 aliphatic rings. The molecule has 1 amide bonds. The van der Waals surface area contributed by atoms with Gasteiger partial charge in [-0.2, -0.15) is 0 Å². The average molecular weight is 347 g/mol. The summed E-state index contributed by atoms with van der Waals surface area (Å²) in [4.78, 5) is 16.0. The number of thiophene rings is 2. The van der Waals surface area contributed by atoms with Crippen molar-refractivity contribution in [1.82, 2.24) is 15.1 Å². The van der Waals surface area contributed by atoms with Crippen LogP contribution in [-0.4, -0.2) is 29.3 Å². The summed E-state index contributed by atoms with van der Waals surface area (Å²) in [6.07, 6.45) is 2.47. The predicted octanol–water partition coefficient (Wildman–Crippen LogP) is 3.19. The third-order valence-corrected chi connectivity index (χ3v) is 5.53. The minimum Gasteiger partial charge on any atom is -0.479 e. The van der Waals surface area contributed by atoms with E-state index in [0.717, 1.165) is 6.42 Å². The second-order valence-electron chi connectivity index (χ2n) is 4.97. The van der Waals surface area contributed by atoms with Gasteiger partial charge in [0.05, 0.1) is 7.11 Å². The number of aryl methyl sites for hydroxylation is 1. The maximum Gasteiger partial charge on any atom is 0.258 e. The Labute approximate surface area is 142 Å². The summed E-state index contributed by atoms with van der Waals surface area (Å²) in [6.45, 7) is 0.585. The van der Waals surface area contributed by atoms with Crippen LogP contribution in [0.15, 0.2) is 35.8 Å². The number of nitrogens with one attached hydrogen (secondary N) is 1. The van der Waals surface area contributed by atoms with Gasteiger partial charge < -0.3 is 10.1 Å². The van der Waals surface area contributed by atoms with E-state index >= 15 is 0 Å². The van der Waals surface area contributed by atoms with Crippen LogP contribution < -0.4 is 10.1 Å². The van der Waals surface area contributed by atoms with Crippen LogP contribution in [0.1, 0.15) is 15.2 Å². The van der Waals surface area contributed by atoms with E-state index < -0.39 is 0 Å². The van der Waals surface area contributed by atoms with E-state index in [1.165, 1.54) is 21.7 Å². The SMILES string of the molecule is COc1nn(C)cc1C(=O)NCCc1ccc(-c2cccs2)s1. The molecule has 0 aliphatic carbocycles. The molecule has 3 aromatic rings. The molecule has 0 bridgehead atoms. The number of nitrogens with zero attached hydrogens (tertiary/aromatic N) is 2. The zero-order valence-corrected chi connectivity index (χ0v) is 14.5. The predicted molar refractivity (Wildman–Crippen MR) is 93.4 cm³/mol. The van der Waals surface area contributed by atoms with Crippen molar-refractivity contribution in [2.45, 2.75) is 6.42 Å². The number of hydrogen-bond acceptors (Lipinski definition) is 5. The zero-order valence-electron chi connectivity index (χ0n) is 12.9. The molecule has 3 aromatic heterocycles. The molecule has 0 fully saturated rings. The first-order valence-electron chi connectivity index (χ1n) is 7.16. The molecule has 3 heterocycles. The second kappa shape index (κ2) is 6.97. The molecule has 0 aromatic carbocycles. The quantitative estimate of drug-likeness (QED) is 0.745. The number of methoxy groups -OCH3 is 1. The molecular weight excluding hydrogens is 330 g/mol. The second-order valence-corrected chi connectivity index (χ2v) is 7.09. The molecule has 0 saturated heterocycles. The molecule has 0 unspecified atom stereocenters. The minimum atomic E-state index is -0.162. The van der Waals surface area contributed by atoms with E-state index in [4.69, 9.17) is 4.74 Å². The summed E-state index contributed by atoms with van der Waals surface area (Å²) >= 11 is 3.51. The smallest absolute Gasteiger partial charge is 0.258 e. The Morgan fingerprint density at radius 2 is 2.22 bits per heavy atom. The Balaban J connectivity index is 1.56. The molecule has 0 atom stereocenters. The number of carbonyl (C=O) groups is 1. The fourth-order valence-corrected chi connectivity index (χ4v) is 4.07. The maximum atomic E-state index is 12.2. The summed E-state index contributed by atoms with van der Waals surface area (Å²) in [5.74, 6) is 0.186. The molecule has 0 aliphatic heterocycles. The van der Waals surface area contributed by atoms with Gasteiger partial charge in [0.1, 0.15) is 5.56 Å². The van der Waals surface area contributed by atoms with E-state index in [1.807, 2.05) is 0 Å². The first-order chi connectivity index (χ1) is 11.2. The summed E-state index contributed by atoms with van der Waals surface area (Å²) < 4.78 is 6.68. The highest BCUT2D eigenvalue weighted by Gasteiger charge is 2.15.